The molecular formula is C12H16N2O3S. The maximum absolute atomic E-state index is 12.3. The van der Waals surface area contributed by atoms with Crippen LogP contribution in [0.15, 0.2) is 29.2 Å². The van der Waals surface area contributed by atoms with Crippen molar-refractivity contribution in [2.75, 3.05) is 0 Å². The third-order valence-electron chi connectivity index (χ3n) is 3.25. The fourth-order valence-electron chi connectivity index (χ4n) is 2.27. The molecule has 0 heterocycles. The molecule has 0 amide bonds. The Morgan fingerprint density at radius 3 is 2.50 bits per heavy atom. The normalized spacial score (nSPS) is 25.6. The van der Waals surface area contributed by atoms with E-state index in [2.05, 4.69) is 0 Å². The van der Waals surface area contributed by atoms with Crippen LogP contribution in [0, 0.1) is 10.1 Å². The molecule has 1 aromatic rings. The van der Waals surface area contributed by atoms with Crippen LogP contribution in [-0.4, -0.2) is 20.4 Å². The fraction of sp³-hybridized carbons (Fsp3) is 0.500. The lowest BCUT2D eigenvalue weighted by atomic mass is 9.96. The zero-order valence-corrected chi connectivity index (χ0v) is 10.8. The standard InChI is InChI=1S/C12H16N2O3S/c13-9-2-1-3-12(8-9)18(17)11-6-4-10(5-7-11)14(15)16/h4-7,9,12H,1-3,8,13H2. The Morgan fingerprint density at radius 2 is 1.94 bits per heavy atom. The van der Waals surface area contributed by atoms with Gasteiger partial charge in [-0.2, -0.15) is 0 Å². The summed E-state index contributed by atoms with van der Waals surface area (Å²) in [5.74, 6) is 0. The van der Waals surface area contributed by atoms with Crippen LogP contribution in [0.2, 0.25) is 0 Å². The van der Waals surface area contributed by atoms with Crippen LogP contribution in [0.25, 0.3) is 0 Å². The van der Waals surface area contributed by atoms with Crippen LogP contribution >= 0.6 is 0 Å². The number of nitrogens with zero attached hydrogens (tertiary/aromatic N) is 1. The summed E-state index contributed by atoms with van der Waals surface area (Å²) in [7, 11) is -1.11. The Labute approximate surface area is 108 Å². The van der Waals surface area contributed by atoms with Gasteiger partial charge in [0.1, 0.15) is 0 Å². The van der Waals surface area contributed by atoms with Crippen molar-refractivity contribution in [3.63, 3.8) is 0 Å². The quantitative estimate of drug-likeness (QED) is 0.670. The minimum absolute atomic E-state index is 0.0242. The van der Waals surface area contributed by atoms with Gasteiger partial charge in [-0.15, -0.1) is 0 Å². The van der Waals surface area contributed by atoms with Gasteiger partial charge in [0.05, 0.1) is 15.7 Å². The van der Waals surface area contributed by atoms with E-state index >= 15 is 0 Å². The topological polar surface area (TPSA) is 86.2 Å². The van der Waals surface area contributed by atoms with E-state index < -0.39 is 15.7 Å². The lowest BCUT2D eigenvalue weighted by Gasteiger charge is -2.25. The van der Waals surface area contributed by atoms with Crippen molar-refractivity contribution in [2.24, 2.45) is 5.73 Å². The lowest BCUT2D eigenvalue weighted by molar-refractivity contribution is -0.384. The van der Waals surface area contributed by atoms with Gasteiger partial charge in [0, 0.05) is 28.3 Å². The Morgan fingerprint density at radius 1 is 1.28 bits per heavy atom. The third kappa shape index (κ3) is 2.94. The van der Waals surface area contributed by atoms with E-state index in [1.807, 2.05) is 0 Å². The predicted octanol–water partition coefficient (Wildman–Crippen LogP) is 1.97. The van der Waals surface area contributed by atoms with E-state index in [1.165, 1.54) is 12.1 Å². The number of rotatable bonds is 3. The number of non-ortho nitro benzene ring substituents is 1. The summed E-state index contributed by atoms with van der Waals surface area (Å²) in [5.41, 5.74) is 5.91. The average Bonchev–Trinajstić information content (AvgIpc) is 2.38. The molecule has 1 aliphatic rings. The Balaban J connectivity index is 2.10. The minimum Gasteiger partial charge on any atom is -0.328 e. The number of benzene rings is 1. The molecule has 3 atom stereocenters. The molecule has 2 rings (SSSR count). The van der Waals surface area contributed by atoms with E-state index in [-0.39, 0.29) is 17.0 Å². The molecular weight excluding hydrogens is 252 g/mol. The second-order valence-electron chi connectivity index (χ2n) is 4.60. The molecule has 5 nitrogen and oxygen atoms in total. The van der Waals surface area contributed by atoms with Crippen molar-refractivity contribution in [2.45, 2.75) is 41.9 Å². The van der Waals surface area contributed by atoms with Crippen molar-refractivity contribution in [3.8, 4) is 0 Å². The van der Waals surface area contributed by atoms with Gasteiger partial charge in [-0.25, -0.2) is 0 Å². The highest BCUT2D eigenvalue weighted by Crippen LogP contribution is 2.26. The Kier molecular flexibility index (Phi) is 4.08. The second kappa shape index (κ2) is 5.58. The number of hydrogen-bond acceptors (Lipinski definition) is 4. The van der Waals surface area contributed by atoms with Gasteiger partial charge in [0.25, 0.3) is 5.69 Å². The number of nitrogens with two attached hydrogens (primary N) is 1. The van der Waals surface area contributed by atoms with Gasteiger partial charge in [0.2, 0.25) is 0 Å². The highest BCUT2D eigenvalue weighted by molar-refractivity contribution is 7.85. The molecule has 98 valence electrons. The molecule has 1 aromatic carbocycles. The summed E-state index contributed by atoms with van der Waals surface area (Å²) in [4.78, 5) is 10.7. The van der Waals surface area contributed by atoms with Crippen LogP contribution in [0.3, 0.4) is 0 Å². The van der Waals surface area contributed by atoms with E-state index in [0.29, 0.717) is 4.90 Å². The Bertz CT molecular complexity index is 461. The summed E-state index contributed by atoms with van der Waals surface area (Å²) >= 11 is 0. The maximum atomic E-state index is 12.3. The van der Waals surface area contributed by atoms with Crippen molar-refractivity contribution in [1.29, 1.82) is 0 Å². The van der Waals surface area contributed by atoms with Crippen LogP contribution in [0.4, 0.5) is 5.69 Å². The molecule has 0 aromatic heterocycles. The van der Waals surface area contributed by atoms with Crippen molar-refractivity contribution < 1.29 is 9.13 Å². The molecule has 0 bridgehead atoms. The van der Waals surface area contributed by atoms with Crippen LogP contribution < -0.4 is 5.73 Å². The van der Waals surface area contributed by atoms with Gasteiger partial charge < -0.3 is 5.73 Å². The molecule has 0 spiro atoms. The van der Waals surface area contributed by atoms with Gasteiger partial charge >= 0.3 is 0 Å². The molecule has 1 aliphatic carbocycles. The van der Waals surface area contributed by atoms with E-state index in [9.17, 15) is 14.3 Å². The first kappa shape index (κ1) is 13.2. The van der Waals surface area contributed by atoms with Crippen molar-refractivity contribution in [1.82, 2.24) is 0 Å². The van der Waals surface area contributed by atoms with E-state index in [4.69, 9.17) is 5.73 Å². The summed E-state index contributed by atoms with van der Waals surface area (Å²) in [6, 6.07) is 6.08. The molecule has 18 heavy (non-hydrogen) atoms. The van der Waals surface area contributed by atoms with Crippen LogP contribution in [-0.2, 0) is 10.8 Å². The molecule has 0 aliphatic heterocycles. The molecule has 0 saturated heterocycles. The van der Waals surface area contributed by atoms with Crippen LogP contribution in [0.1, 0.15) is 25.7 Å². The fourth-order valence-corrected chi connectivity index (χ4v) is 3.86. The zero-order valence-electron chi connectivity index (χ0n) is 9.95. The van der Waals surface area contributed by atoms with Gasteiger partial charge in [-0.1, -0.05) is 6.42 Å². The zero-order chi connectivity index (χ0) is 13.1. The van der Waals surface area contributed by atoms with Gasteiger partial charge in [-0.05, 0) is 31.4 Å². The van der Waals surface area contributed by atoms with Gasteiger partial charge in [0.15, 0.2) is 0 Å². The lowest BCUT2D eigenvalue weighted by Crippen LogP contribution is -2.33. The molecule has 1 fully saturated rings. The number of hydrogen-bond donors (Lipinski definition) is 1. The molecule has 0 radical (unpaired) electrons. The minimum atomic E-state index is -1.11. The summed E-state index contributed by atoms with van der Waals surface area (Å²) in [6.07, 6.45) is 3.68. The summed E-state index contributed by atoms with van der Waals surface area (Å²) in [5, 5.41) is 10.6. The van der Waals surface area contributed by atoms with E-state index in [1.54, 1.807) is 12.1 Å². The first-order valence-corrected chi connectivity index (χ1v) is 7.20. The first-order valence-electron chi connectivity index (χ1n) is 5.98. The second-order valence-corrected chi connectivity index (χ2v) is 6.33. The SMILES string of the molecule is NC1CCCC(S(=O)c2ccc([N+](=O)[O-])cc2)C1. The summed E-state index contributed by atoms with van der Waals surface area (Å²) in [6.45, 7) is 0. The first-order chi connectivity index (χ1) is 8.58. The highest BCUT2D eigenvalue weighted by Gasteiger charge is 2.25. The van der Waals surface area contributed by atoms with Gasteiger partial charge in [-0.3, -0.25) is 14.3 Å². The third-order valence-corrected chi connectivity index (χ3v) is 5.02. The highest BCUT2D eigenvalue weighted by atomic mass is 32.2. The molecule has 3 unspecified atom stereocenters. The Hall–Kier alpha value is -1.27. The predicted molar refractivity (Wildman–Crippen MR) is 69.7 cm³/mol. The smallest absolute Gasteiger partial charge is 0.269 e. The average molecular weight is 268 g/mol. The number of nitro groups is 1. The van der Waals surface area contributed by atoms with Crippen LogP contribution in [0.5, 0.6) is 0 Å². The largest absolute Gasteiger partial charge is 0.328 e. The summed E-state index contributed by atoms with van der Waals surface area (Å²) < 4.78 is 12.3. The maximum Gasteiger partial charge on any atom is 0.269 e. The monoisotopic (exact) mass is 268 g/mol. The molecule has 2 N–H and O–H groups in total. The van der Waals surface area contributed by atoms with Crippen molar-refractivity contribution >= 4 is 16.5 Å². The van der Waals surface area contributed by atoms with E-state index in [0.717, 1.165) is 25.7 Å². The molecule has 6 heteroatoms. The molecule has 1 saturated carbocycles. The van der Waals surface area contributed by atoms with Crippen molar-refractivity contribution in [3.05, 3.63) is 34.4 Å². The number of nitro benzene ring substituents is 1.